The lowest BCUT2D eigenvalue weighted by molar-refractivity contribution is -0.138. The highest BCUT2D eigenvalue weighted by atomic mass is 32.2. The summed E-state index contributed by atoms with van der Waals surface area (Å²) in [7, 11) is -1.86. The Morgan fingerprint density at radius 2 is 2.08 bits per heavy atom. The molecule has 1 atom stereocenters. The van der Waals surface area contributed by atoms with Gasteiger partial charge in [0, 0.05) is 25.9 Å². The van der Waals surface area contributed by atoms with Crippen LogP contribution in [-0.4, -0.2) is 51.6 Å². The maximum Gasteiger partial charge on any atom is 0.416 e. The van der Waals surface area contributed by atoms with Crippen LogP contribution in [0.1, 0.15) is 17.5 Å². The zero-order valence-corrected chi connectivity index (χ0v) is 15.3. The zero-order chi connectivity index (χ0) is 19.5. The number of amides is 2. The minimum atomic E-state index is -4.57. The van der Waals surface area contributed by atoms with Crippen LogP contribution in [-0.2, 0) is 22.6 Å². The Labute approximate surface area is 150 Å². The van der Waals surface area contributed by atoms with E-state index in [4.69, 9.17) is 4.74 Å². The van der Waals surface area contributed by atoms with Gasteiger partial charge in [-0.2, -0.15) is 13.2 Å². The predicted molar refractivity (Wildman–Crippen MR) is 89.6 cm³/mol. The molecule has 10 heteroatoms. The molecule has 2 rings (SSSR count). The van der Waals surface area contributed by atoms with Gasteiger partial charge in [-0.1, -0.05) is 6.07 Å². The molecular formula is C16H21F3N2O4S. The van der Waals surface area contributed by atoms with Gasteiger partial charge in [-0.25, -0.2) is 13.2 Å². The van der Waals surface area contributed by atoms with Gasteiger partial charge in [-0.15, -0.1) is 0 Å². The lowest BCUT2D eigenvalue weighted by Crippen LogP contribution is -2.38. The van der Waals surface area contributed by atoms with E-state index in [1.807, 2.05) is 0 Å². The average molecular weight is 394 g/mol. The van der Waals surface area contributed by atoms with Gasteiger partial charge in [-0.05, 0) is 30.0 Å². The Morgan fingerprint density at radius 3 is 2.65 bits per heavy atom. The molecule has 1 fully saturated rings. The van der Waals surface area contributed by atoms with Crippen LogP contribution in [0.4, 0.5) is 18.0 Å². The number of hydrogen-bond donors (Lipinski definition) is 1. The fourth-order valence-corrected chi connectivity index (χ4v) is 4.09. The number of likely N-dealkylation sites (tertiary alicyclic amines) is 1. The minimum Gasteiger partial charge on any atom is -0.497 e. The standard InChI is InChI=1S/C16H21F3N2O4S/c1-25-13-4-3-12(14(7-13)16(17,18)19)8-20-15(22)21-6-5-11(9-21)10-26(2,23)24/h3-4,7,11H,5-6,8-10H2,1-2H3,(H,20,22). The van der Waals surface area contributed by atoms with Gasteiger partial charge in [0.2, 0.25) is 0 Å². The van der Waals surface area contributed by atoms with Crippen LogP contribution < -0.4 is 10.1 Å². The van der Waals surface area contributed by atoms with Gasteiger partial charge in [0.05, 0.1) is 18.4 Å². The Hall–Kier alpha value is -1.97. The van der Waals surface area contributed by atoms with E-state index in [1.54, 1.807) is 0 Å². The molecule has 6 nitrogen and oxygen atoms in total. The van der Waals surface area contributed by atoms with Crippen molar-refractivity contribution >= 4 is 15.9 Å². The molecule has 0 radical (unpaired) electrons. The highest BCUT2D eigenvalue weighted by Gasteiger charge is 2.34. The van der Waals surface area contributed by atoms with Gasteiger partial charge in [0.1, 0.15) is 15.6 Å². The number of benzene rings is 1. The second kappa shape index (κ2) is 7.73. The molecule has 0 aromatic heterocycles. The molecule has 0 spiro atoms. The topological polar surface area (TPSA) is 75.7 Å². The third kappa shape index (κ3) is 5.52. The summed E-state index contributed by atoms with van der Waals surface area (Å²) < 4.78 is 67.0. The Morgan fingerprint density at radius 1 is 1.38 bits per heavy atom. The number of rotatable bonds is 5. The number of carbonyl (C=O) groups excluding carboxylic acids is 1. The van der Waals surface area contributed by atoms with E-state index < -0.39 is 27.6 Å². The molecule has 2 amide bonds. The summed E-state index contributed by atoms with van der Waals surface area (Å²) in [5.41, 5.74) is -0.938. The number of hydrogen-bond acceptors (Lipinski definition) is 4. The third-order valence-corrected chi connectivity index (χ3v) is 5.24. The molecule has 1 N–H and O–H groups in total. The normalized spacial score (nSPS) is 18.0. The quantitative estimate of drug-likeness (QED) is 0.832. The number of methoxy groups -OCH3 is 1. The second-order valence-corrected chi connectivity index (χ2v) is 8.56. The van der Waals surface area contributed by atoms with Crippen molar-refractivity contribution in [3.8, 4) is 5.75 Å². The fourth-order valence-electron chi connectivity index (χ4n) is 2.96. The molecule has 1 heterocycles. The van der Waals surface area contributed by atoms with Crippen molar-refractivity contribution in [3.05, 3.63) is 29.3 Å². The Bertz CT molecular complexity index is 765. The zero-order valence-electron chi connectivity index (χ0n) is 14.5. The maximum absolute atomic E-state index is 13.2. The van der Waals surface area contributed by atoms with E-state index in [0.29, 0.717) is 13.0 Å². The monoisotopic (exact) mass is 394 g/mol. The van der Waals surface area contributed by atoms with Gasteiger partial charge in [0.25, 0.3) is 0 Å². The number of carbonyl (C=O) groups is 1. The third-order valence-electron chi connectivity index (χ3n) is 4.16. The Balaban J connectivity index is 2.00. The number of halogens is 3. The first kappa shape index (κ1) is 20.3. The average Bonchev–Trinajstić information content (AvgIpc) is 2.98. The van der Waals surface area contributed by atoms with Crippen molar-refractivity contribution in [1.29, 1.82) is 0 Å². The van der Waals surface area contributed by atoms with E-state index in [9.17, 15) is 26.4 Å². The number of sulfone groups is 1. The molecule has 1 aromatic rings. The molecule has 146 valence electrons. The van der Waals surface area contributed by atoms with E-state index in [1.165, 1.54) is 24.1 Å². The van der Waals surface area contributed by atoms with E-state index >= 15 is 0 Å². The smallest absolute Gasteiger partial charge is 0.416 e. The van der Waals surface area contributed by atoms with Crippen molar-refractivity contribution in [2.75, 3.05) is 32.2 Å². The van der Waals surface area contributed by atoms with E-state index in [-0.39, 0.29) is 36.1 Å². The summed E-state index contributed by atoms with van der Waals surface area (Å²) in [5.74, 6) is -0.0777. The van der Waals surface area contributed by atoms with Crippen LogP contribution in [0.3, 0.4) is 0 Å². The van der Waals surface area contributed by atoms with Crippen LogP contribution in [0.2, 0.25) is 0 Å². The molecule has 1 unspecified atom stereocenters. The summed E-state index contributed by atoms with van der Waals surface area (Å²) in [6.07, 6.45) is -2.88. The Kier molecular flexibility index (Phi) is 6.05. The first-order valence-corrected chi connectivity index (χ1v) is 10.0. The summed E-state index contributed by atoms with van der Waals surface area (Å²) in [5, 5.41) is 2.47. The first-order valence-electron chi connectivity index (χ1n) is 7.94. The summed E-state index contributed by atoms with van der Waals surface area (Å²) in [6.45, 7) is 0.360. The molecule has 0 bridgehead atoms. The van der Waals surface area contributed by atoms with Crippen LogP contribution >= 0.6 is 0 Å². The highest BCUT2D eigenvalue weighted by Crippen LogP contribution is 2.34. The summed E-state index contributed by atoms with van der Waals surface area (Å²) in [4.78, 5) is 13.6. The van der Waals surface area contributed by atoms with Gasteiger partial charge in [0.15, 0.2) is 0 Å². The maximum atomic E-state index is 13.2. The van der Waals surface area contributed by atoms with Gasteiger partial charge >= 0.3 is 12.2 Å². The lowest BCUT2D eigenvalue weighted by Gasteiger charge is -2.19. The number of alkyl halides is 3. The molecule has 1 aliphatic heterocycles. The van der Waals surface area contributed by atoms with Crippen molar-refractivity contribution < 1.29 is 31.1 Å². The summed E-state index contributed by atoms with van der Waals surface area (Å²) in [6, 6.07) is 3.04. The fraction of sp³-hybridized carbons (Fsp3) is 0.562. The molecule has 0 saturated carbocycles. The molecule has 26 heavy (non-hydrogen) atoms. The number of ether oxygens (including phenoxy) is 1. The largest absolute Gasteiger partial charge is 0.497 e. The minimum absolute atomic E-state index is 0.00647. The van der Waals surface area contributed by atoms with Gasteiger partial charge in [-0.3, -0.25) is 0 Å². The van der Waals surface area contributed by atoms with E-state index in [0.717, 1.165) is 12.3 Å². The summed E-state index contributed by atoms with van der Waals surface area (Å²) >= 11 is 0. The van der Waals surface area contributed by atoms with Crippen molar-refractivity contribution in [2.45, 2.75) is 19.1 Å². The molecule has 1 aromatic carbocycles. The van der Waals surface area contributed by atoms with Crippen molar-refractivity contribution in [2.24, 2.45) is 5.92 Å². The van der Waals surface area contributed by atoms with Crippen molar-refractivity contribution in [3.63, 3.8) is 0 Å². The van der Waals surface area contributed by atoms with Gasteiger partial charge < -0.3 is 15.0 Å². The molecular weight excluding hydrogens is 373 g/mol. The lowest BCUT2D eigenvalue weighted by atomic mass is 10.1. The molecule has 1 aliphatic rings. The molecule has 1 saturated heterocycles. The molecule has 0 aliphatic carbocycles. The number of nitrogens with zero attached hydrogens (tertiary/aromatic N) is 1. The van der Waals surface area contributed by atoms with Crippen LogP contribution in [0.5, 0.6) is 5.75 Å². The highest BCUT2D eigenvalue weighted by molar-refractivity contribution is 7.90. The predicted octanol–water partition coefficient (Wildman–Crippen LogP) is 2.29. The first-order chi connectivity index (χ1) is 12.0. The van der Waals surface area contributed by atoms with Crippen LogP contribution in [0, 0.1) is 5.92 Å². The number of urea groups is 1. The van der Waals surface area contributed by atoms with Crippen LogP contribution in [0.15, 0.2) is 18.2 Å². The van der Waals surface area contributed by atoms with Crippen LogP contribution in [0.25, 0.3) is 0 Å². The number of nitrogens with one attached hydrogen (secondary N) is 1. The van der Waals surface area contributed by atoms with E-state index in [2.05, 4.69) is 5.32 Å². The SMILES string of the molecule is COc1ccc(CNC(=O)N2CCC(CS(C)(=O)=O)C2)c(C(F)(F)F)c1. The van der Waals surface area contributed by atoms with Crippen molar-refractivity contribution in [1.82, 2.24) is 10.2 Å². The second-order valence-electron chi connectivity index (χ2n) is 6.37.